The number of hydrogen-bond donors (Lipinski definition) is 1. The molecule has 3 nitrogen and oxygen atoms in total. The Morgan fingerprint density at radius 1 is 1.10 bits per heavy atom. The van der Waals surface area contributed by atoms with Crippen molar-refractivity contribution in [2.75, 3.05) is 0 Å². The maximum atomic E-state index is 12.6. The van der Waals surface area contributed by atoms with Gasteiger partial charge in [0.2, 0.25) is 0 Å². The van der Waals surface area contributed by atoms with Gasteiger partial charge in [-0.3, -0.25) is 9.78 Å². The molecule has 1 N–H and O–H groups in total. The highest BCUT2D eigenvalue weighted by Crippen LogP contribution is 2.38. The highest BCUT2D eigenvalue weighted by molar-refractivity contribution is 6.30. The van der Waals surface area contributed by atoms with Crippen LogP contribution in [0.3, 0.4) is 0 Å². The summed E-state index contributed by atoms with van der Waals surface area (Å²) in [5, 5.41) is 5.12. The predicted octanol–water partition coefficient (Wildman–Crippen LogP) is 6.37. The monoisotopic (exact) mass is 406 g/mol. The Kier molecular flexibility index (Phi) is 6.15. The molecule has 150 valence electrons. The first-order valence-electron chi connectivity index (χ1n) is 10.5. The highest BCUT2D eigenvalue weighted by atomic mass is 35.5. The van der Waals surface area contributed by atoms with E-state index in [9.17, 15) is 4.79 Å². The quantitative estimate of drug-likeness (QED) is 0.534. The number of amides is 1. The molecule has 0 aliphatic heterocycles. The Labute approximate surface area is 177 Å². The Balaban J connectivity index is 1.38. The molecule has 1 aromatic heterocycles. The third-order valence-electron chi connectivity index (χ3n) is 6.29. The summed E-state index contributed by atoms with van der Waals surface area (Å²) in [6.07, 6.45) is 7.57. The number of carbonyl (C=O) groups excluding carboxylic acids is 1. The van der Waals surface area contributed by atoms with Crippen LogP contribution >= 0.6 is 11.6 Å². The van der Waals surface area contributed by atoms with Crippen LogP contribution in [0, 0.1) is 5.92 Å². The molecule has 0 spiro atoms. The summed E-state index contributed by atoms with van der Waals surface area (Å²) in [7, 11) is 0. The molecule has 4 heteroatoms. The molecule has 1 heterocycles. The van der Waals surface area contributed by atoms with Crippen LogP contribution in [0.1, 0.15) is 60.9 Å². The third-order valence-corrected chi connectivity index (χ3v) is 6.54. The number of nitrogens with one attached hydrogen (secondary N) is 1. The lowest BCUT2D eigenvalue weighted by Crippen LogP contribution is -2.41. The molecule has 1 atom stereocenters. The van der Waals surface area contributed by atoms with E-state index >= 15 is 0 Å². The van der Waals surface area contributed by atoms with Gasteiger partial charge in [0, 0.05) is 28.2 Å². The molecule has 0 saturated heterocycles. The van der Waals surface area contributed by atoms with Gasteiger partial charge in [-0.15, -0.1) is 0 Å². The number of fused-ring (bicyclic) bond motifs is 1. The minimum absolute atomic E-state index is 0.00521. The molecule has 4 rings (SSSR count). The van der Waals surface area contributed by atoms with Crippen LogP contribution in [0.4, 0.5) is 0 Å². The van der Waals surface area contributed by atoms with E-state index in [4.69, 9.17) is 11.6 Å². The van der Waals surface area contributed by atoms with E-state index in [1.807, 2.05) is 12.3 Å². The van der Waals surface area contributed by atoms with Crippen LogP contribution in [-0.4, -0.2) is 16.9 Å². The van der Waals surface area contributed by atoms with Crippen LogP contribution in [0.2, 0.25) is 5.02 Å². The predicted molar refractivity (Wildman–Crippen MR) is 119 cm³/mol. The normalized spacial score (nSPS) is 20.3. The van der Waals surface area contributed by atoms with Gasteiger partial charge < -0.3 is 5.32 Å². The van der Waals surface area contributed by atoms with Crippen molar-refractivity contribution in [2.45, 2.75) is 51.0 Å². The molecule has 1 aliphatic rings. The summed E-state index contributed by atoms with van der Waals surface area (Å²) in [4.78, 5) is 17.3. The molecule has 0 bridgehead atoms. The zero-order valence-corrected chi connectivity index (χ0v) is 17.5. The minimum Gasteiger partial charge on any atom is -0.349 e. The molecule has 0 unspecified atom stereocenters. The second kappa shape index (κ2) is 8.96. The number of nitrogens with zero attached hydrogens (tertiary/aromatic N) is 1. The highest BCUT2D eigenvalue weighted by Gasteiger charge is 2.28. The van der Waals surface area contributed by atoms with Crippen LogP contribution in [0.25, 0.3) is 10.9 Å². The first kappa shape index (κ1) is 19.9. The average molecular weight is 407 g/mol. The molecule has 29 heavy (non-hydrogen) atoms. The summed E-state index contributed by atoms with van der Waals surface area (Å²) < 4.78 is 0. The number of hydrogen-bond acceptors (Lipinski definition) is 2. The standard InChI is InChI=1S/C25H27ClN2O/c1-2-23(28-25(29)19-11-13-22(26)14-12-19)18-9-7-17(8-10-18)21-15-20-5-3-4-6-24(20)27-16-21/h3-6,11-18,23H,2,7-10H2,1H3,(H,28,29)/t17-,18+,23-/m1/s1. The maximum Gasteiger partial charge on any atom is 0.251 e. The molecule has 1 aliphatic carbocycles. The van der Waals surface area contributed by atoms with E-state index in [0.717, 1.165) is 37.6 Å². The van der Waals surface area contributed by atoms with Gasteiger partial charge in [-0.25, -0.2) is 0 Å². The summed E-state index contributed by atoms with van der Waals surface area (Å²) in [5.41, 5.74) is 3.07. The number of halogens is 1. The number of rotatable bonds is 5. The van der Waals surface area contributed by atoms with Crippen LogP contribution < -0.4 is 5.32 Å². The third kappa shape index (κ3) is 4.62. The maximum absolute atomic E-state index is 12.6. The van der Waals surface area contributed by atoms with Gasteiger partial charge in [0.25, 0.3) is 5.91 Å². The van der Waals surface area contributed by atoms with Crippen molar-refractivity contribution in [3.8, 4) is 0 Å². The first-order chi connectivity index (χ1) is 14.1. The average Bonchev–Trinajstić information content (AvgIpc) is 2.77. The van der Waals surface area contributed by atoms with Crippen molar-refractivity contribution >= 4 is 28.4 Å². The Bertz CT molecular complexity index is 978. The SMILES string of the molecule is CC[C@@H](NC(=O)c1ccc(Cl)cc1)[C@H]1CC[C@@H](c2cnc3ccccc3c2)CC1. The summed E-state index contributed by atoms with van der Waals surface area (Å²) in [5.74, 6) is 1.09. The number of benzene rings is 2. The fraction of sp³-hybridized carbons (Fsp3) is 0.360. The fourth-order valence-corrected chi connectivity index (χ4v) is 4.70. The fourth-order valence-electron chi connectivity index (χ4n) is 4.57. The van der Waals surface area contributed by atoms with E-state index in [2.05, 4.69) is 41.5 Å². The summed E-state index contributed by atoms with van der Waals surface area (Å²) in [6.45, 7) is 2.16. The molecule has 1 fully saturated rings. The molecule has 3 aromatic rings. The summed E-state index contributed by atoms with van der Waals surface area (Å²) >= 11 is 5.93. The lowest BCUT2D eigenvalue weighted by molar-refractivity contribution is 0.0909. The van der Waals surface area contributed by atoms with Crippen molar-refractivity contribution in [1.82, 2.24) is 10.3 Å². The Morgan fingerprint density at radius 3 is 2.55 bits per heavy atom. The van der Waals surface area contributed by atoms with Gasteiger partial charge in [0.15, 0.2) is 0 Å². The second-order valence-corrected chi connectivity index (χ2v) is 8.50. The molecule has 0 radical (unpaired) electrons. The van der Waals surface area contributed by atoms with Crippen LogP contribution in [0.15, 0.2) is 60.8 Å². The van der Waals surface area contributed by atoms with Crippen molar-refractivity contribution in [3.05, 3.63) is 76.9 Å². The zero-order chi connectivity index (χ0) is 20.2. The number of aromatic nitrogens is 1. The van der Waals surface area contributed by atoms with Crippen molar-refractivity contribution in [2.24, 2.45) is 5.92 Å². The van der Waals surface area contributed by atoms with Gasteiger partial charge in [-0.2, -0.15) is 0 Å². The van der Waals surface area contributed by atoms with Gasteiger partial charge in [-0.1, -0.05) is 36.7 Å². The van der Waals surface area contributed by atoms with Gasteiger partial charge in [0.1, 0.15) is 0 Å². The molecule has 1 amide bonds. The first-order valence-corrected chi connectivity index (χ1v) is 10.9. The topological polar surface area (TPSA) is 42.0 Å². The van der Waals surface area contributed by atoms with Crippen LogP contribution in [-0.2, 0) is 0 Å². The molecular formula is C25H27ClN2O. The van der Waals surface area contributed by atoms with Gasteiger partial charge in [-0.05, 0) is 85.9 Å². The smallest absolute Gasteiger partial charge is 0.251 e. The van der Waals surface area contributed by atoms with E-state index in [-0.39, 0.29) is 11.9 Å². The minimum atomic E-state index is -0.00521. The van der Waals surface area contributed by atoms with E-state index in [1.54, 1.807) is 24.3 Å². The van der Waals surface area contributed by atoms with Gasteiger partial charge >= 0.3 is 0 Å². The second-order valence-electron chi connectivity index (χ2n) is 8.07. The lowest BCUT2D eigenvalue weighted by atomic mass is 9.75. The lowest BCUT2D eigenvalue weighted by Gasteiger charge is -2.34. The number of para-hydroxylation sites is 1. The van der Waals surface area contributed by atoms with E-state index in [1.165, 1.54) is 10.9 Å². The molecule has 1 saturated carbocycles. The summed E-state index contributed by atoms with van der Waals surface area (Å²) in [6, 6.07) is 17.9. The van der Waals surface area contributed by atoms with E-state index < -0.39 is 0 Å². The number of pyridine rings is 1. The van der Waals surface area contributed by atoms with Gasteiger partial charge in [0.05, 0.1) is 5.52 Å². The van der Waals surface area contributed by atoms with Crippen molar-refractivity contribution in [3.63, 3.8) is 0 Å². The Hall–Kier alpha value is -2.39. The molecule has 2 aromatic carbocycles. The number of carbonyl (C=O) groups is 1. The zero-order valence-electron chi connectivity index (χ0n) is 16.8. The Morgan fingerprint density at radius 2 is 1.83 bits per heavy atom. The molecular weight excluding hydrogens is 380 g/mol. The van der Waals surface area contributed by atoms with Crippen molar-refractivity contribution < 1.29 is 4.79 Å². The van der Waals surface area contributed by atoms with E-state index in [0.29, 0.717) is 22.4 Å². The van der Waals surface area contributed by atoms with Crippen LogP contribution in [0.5, 0.6) is 0 Å². The largest absolute Gasteiger partial charge is 0.349 e. The van der Waals surface area contributed by atoms with Crippen molar-refractivity contribution in [1.29, 1.82) is 0 Å².